The standard InChI is InChI=1S/C14H15FNOP/c1-16(2,17)11-8-6-10(7-9-11)12-4-3-5-13(18)14(12)15/h3-9H,18H2,1-2H3. The number of hydroxylamine groups is 2. The van der Waals surface area contributed by atoms with Crippen LogP contribution in [0.15, 0.2) is 42.5 Å². The minimum Gasteiger partial charge on any atom is -0.628 e. The normalized spacial score (nSPS) is 11.6. The molecule has 0 spiro atoms. The maximum absolute atomic E-state index is 13.9. The second kappa shape index (κ2) is 4.77. The lowest BCUT2D eigenvalue weighted by Crippen LogP contribution is -2.32. The van der Waals surface area contributed by atoms with Gasteiger partial charge in [-0.2, -0.15) is 0 Å². The van der Waals surface area contributed by atoms with Gasteiger partial charge in [-0.25, -0.2) is 4.39 Å². The summed E-state index contributed by atoms with van der Waals surface area (Å²) in [6.45, 7) is 0. The third-order valence-corrected chi connectivity index (χ3v) is 3.27. The van der Waals surface area contributed by atoms with Crippen LogP contribution in [0.1, 0.15) is 0 Å². The van der Waals surface area contributed by atoms with Crippen molar-refractivity contribution in [2.24, 2.45) is 0 Å². The van der Waals surface area contributed by atoms with E-state index in [1.165, 1.54) is 0 Å². The Kier molecular flexibility index (Phi) is 3.49. The third kappa shape index (κ3) is 2.59. The molecular formula is C14H15FNOP. The number of nitrogens with zero attached hydrogens (tertiary/aromatic N) is 1. The van der Waals surface area contributed by atoms with Gasteiger partial charge in [-0.3, -0.25) is 0 Å². The quantitative estimate of drug-likeness (QED) is 0.464. The van der Waals surface area contributed by atoms with Gasteiger partial charge in [0.25, 0.3) is 0 Å². The molecule has 2 aromatic carbocycles. The van der Waals surface area contributed by atoms with Crippen LogP contribution < -0.4 is 9.95 Å². The summed E-state index contributed by atoms with van der Waals surface area (Å²) in [5.41, 5.74) is 1.96. The molecule has 1 atom stereocenters. The van der Waals surface area contributed by atoms with Crippen molar-refractivity contribution in [2.45, 2.75) is 0 Å². The van der Waals surface area contributed by atoms with Crippen LogP contribution in [0, 0.1) is 11.0 Å². The van der Waals surface area contributed by atoms with Crippen LogP contribution in [0.4, 0.5) is 10.1 Å². The van der Waals surface area contributed by atoms with Crippen LogP contribution in [-0.2, 0) is 0 Å². The van der Waals surface area contributed by atoms with Crippen LogP contribution in [0.25, 0.3) is 11.1 Å². The van der Waals surface area contributed by atoms with Crippen LogP contribution >= 0.6 is 9.24 Å². The van der Waals surface area contributed by atoms with Crippen molar-refractivity contribution in [3.63, 3.8) is 0 Å². The number of hydrogen-bond donors (Lipinski definition) is 0. The lowest BCUT2D eigenvalue weighted by atomic mass is 10.0. The smallest absolute Gasteiger partial charge is 0.138 e. The van der Waals surface area contributed by atoms with E-state index >= 15 is 0 Å². The number of benzene rings is 2. The van der Waals surface area contributed by atoms with Gasteiger partial charge in [0.05, 0.1) is 14.1 Å². The molecule has 1 unspecified atom stereocenters. The second-order valence-corrected chi connectivity index (χ2v) is 5.23. The van der Waals surface area contributed by atoms with E-state index in [1.807, 2.05) is 6.07 Å². The highest BCUT2D eigenvalue weighted by atomic mass is 31.0. The van der Waals surface area contributed by atoms with Crippen LogP contribution in [0.3, 0.4) is 0 Å². The Bertz CT molecular complexity index is 561. The minimum atomic E-state index is -0.494. The summed E-state index contributed by atoms with van der Waals surface area (Å²) < 4.78 is 13.4. The van der Waals surface area contributed by atoms with E-state index in [4.69, 9.17) is 0 Å². The SMILES string of the molecule is C[N+](C)([O-])c1ccc(-c2cccc(P)c2F)cc1. The fraction of sp³-hybridized carbons (Fsp3) is 0.143. The monoisotopic (exact) mass is 263 g/mol. The van der Waals surface area contributed by atoms with Gasteiger partial charge >= 0.3 is 0 Å². The molecule has 4 heteroatoms. The molecule has 0 bridgehead atoms. The van der Waals surface area contributed by atoms with Gasteiger partial charge < -0.3 is 9.85 Å². The van der Waals surface area contributed by atoms with Crippen molar-refractivity contribution in [1.29, 1.82) is 0 Å². The summed E-state index contributed by atoms with van der Waals surface area (Å²) in [6.07, 6.45) is 0. The summed E-state index contributed by atoms with van der Waals surface area (Å²) in [6, 6.07) is 12.3. The van der Waals surface area contributed by atoms with Gasteiger partial charge in [-0.15, -0.1) is 9.24 Å². The van der Waals surface area contributed by atoms with Crippen molar-refractivity contribution < 1.29 is 4.39 Å². The molecule has 94 valence electrons. The molecule has 18 heavy (non-hydrogen) atoms. The first-order valence-corrected chi connectivity index (χ1v) is 6.17. The summed E-state index contributed by atoms with van der Waals surface area (Å²) in [5.74, 6) is -0.244. The average Bonchev–Trinajstić information content (AvgIpc) is 2.32. The van der Waals surface area contributed by atoms with E-state index in [9.17, 15) is 9.60 Å². The molecule has 2 aromatic rings. The van der Waals surface area contributed by atoms with E-state index in [-0.39, 0.29) is 5.82 Å². The lowest BCUT2D eigenvalue weighted by Gasteiger charge is -2.33. The van der Waals surface area contributed by atoms with E-state index in [1.54, 1.807) is 50.5 Å². The number of hydrogen-bond acceptors (Lipinski definition) is 1. The summed E-state index contributed by atoms with van der Waals surface area (Å²) in [4.78, 5) is 0. The molecule has 0 saturated carbocycles. The van der Waals surface area contributed by atoms with E-state index < -0.39 is 4.65 Å². The van der Waals surface area contributed by atoms with Crippen LogP contribution in [-0.4, -0.2) is 14.1 Å². The summed E-state index contributed by atoms with van der Waals surface area (Å²) in [7, 11) is 5.48. The Hall–Kier alpha value is -1.28. The van der Waals surface area contributed by atoms with Crippen LogP contribution in [0.5, 0.6) is 0 Å². The molecule has 0 heterocycles. The number of halogens is 1. The molecule has 2 rings (SSSR count). The minimum absolute atomic E-state index is 0.244. The first-order chi connectivity index (χ1) is 8.39. The molecular weight excluding hydrogens is 248 g/mol. The molecule has 0 amide bonds. The van der Waals surface area contributed by atoms with Gasteiger partial charge in [0, 0.05) is 23.0 Å². The Labute approximate surface area is 108 Å². The molecule has 0 aliphatic heterocycles. The van der Waals surface area contributed by atoms with E-state index in [0.29, 0.717) is 16.6 Å². The van der Waals surface area contributed by atoms with Crippen molar-refractivity contribution in [3.8, 4) is 11.1 Å². The largest absolute Gasteiger partial charge is 0.628 e. The van der Waals surface area contributed by atoms with E-state index in [0.717, 1.165) is 5.56 Å². The zero-order chi connectivity index (χ0) is 13.3. The molecule has 0 N–H and O–H groups in total. The Balaban J connectivity index is 2.44. The van der Waals surface area contributed by atoms with E-state index in [2.05, 4.69) is 9.24 Å². The first-order valence-electron chi connectivity index (χ1n) is 5.59. The molecule has 0 aliphatic rings. The molecule has 0 aromatic heterocycles. The Morgan fingerprint density at radius 2 is 1.67 bits per heavy atom. The van der Waals surface area contributed by atoms with Crippen LogP contribution in [0.2, 0.25) is 0 Å². The average molecular weight is 263 g/mol. The summed E-state index contributed by atoms with van der Waals surface area (Å²) in [5, 5.41) is 12.3. The number of quaternary nitrogens is 1. The second-order valence-electron chi connectivity index (χ2n) is 4.61. The molecule has 0 radical (unpaired) electrons. The van der Waals surface area contributed by atoms with Crippen molar-refractivity contribution in [2.75, 3.05) is 14.1 Å². The predicted molar refractivity (Wildman–Crippen MR) is 78.2 cm³/mol. The van der Waals surface area contributed by atoms with Gasteiger partial charge in [0.15, 0.2) is 0 Å². The summed E-state index contributed by atoms with van der Waals surface area (Å²) >= 11 is 0. The zero-order valence-electron chi connectivity index (χ0n) is 10.4. The van der Waals surface area contributed by atoms with Gasteiger partial charge in [-0.1, -0.05) is 18.2 Å². The van der Waals surface area contributed by atoms with Crippen molar-refractivity contribution in [3.05, 3.63) is 53.5 Å². The number of rotatable bonds is 2. The topological polar surface area (TPSA) is 23.1 Å². The zero-order valence-corrected chi connectivity index (χ0v) is 11.5. The molecule has 0 saturated heterocycles. The van der Waals surface area contributed by atoms with Gasteiger partial charge in [0.1, 0.15) is 11.5 Å². The van der Waals surface area contributed by atoms with Gasteiger partial charge in [0.2, 0.25) is 0 Å². The Morgan fingerprint density at radius 3 is 2.22 bits per heavy atom. The first kappa shape index (κ1) is 13.2. The maximum atomic E-state index is 13.9. The fourth-order valence-electron chi connectivity index (χ4n) is 1.77. The molecule has 0 aliphatic carbocycles. The maximum Gasteiger partial charge on any atom is 0.138 e. The third-order valence-electron chi connectivity index (χ3n) is 2.83. The highest BCUT2D eigenvalue weighted by Gasteiger charge is 2.10. The van der Waals surface area contributed by atoms with Crippen molar-refractivity contribution in [1.82, 2.24) is 4.65 Å². The highest BCUT2D eigenvalue weighted by molar-refractivity contribution is 7.27. The molecule has 2 nitrogen and oxygen atoms in total. The lowest BCUT2D eigenvalue weighted by molar-refractivity contribution is 0.543. The van der Waals surface area contributed by atoms with Crippen molar-refractivity contribution >= 4 is 20.2 Å². The fourth-order valence-corrected chi connectivity index (χ4v) is 2.04. The predicted octanol–water partition coefficient (Wildman–Crippen LogP) is 3.06. The Morgan fingerprint density at radius 1 is 1.06 bits per heavy atom. The van der Waals surface area contributed by atoms with Gasteiger partial charge in [-0.05, 0) is 17.7 Å². The highest BCUT2D eigenvalue weighted by Crippen LogP contribution is 2.26. The molecule has 0 fully saturated rings.